The first-order chi connectivity index (χ1) is 13.7. The van der Waals surface area contributed by atoms with Gasteiger partial charge in [-0.15, -0.1) is 11.3 Å². The Morgan fingerprint density at radius 3 is 2.57 bits per heavy atom. The van der Waals surface area contributed by atoms with Crippen LogP contribution in [0.15, 0.2) is 66.3 Å². The second-order valence-electron chi connectivity index (χ2n) is 5.87. The van der Waals surface area contributed by atoms with Gasteiger partial charge in [-0.3, -0.25) is 5.32 Å². The molecule has 4 aromatic rings. The van der Waals surface area contributed by atoms with Crippen molar-refractivity contribution in [3.8, 4) is 5.82 Å². The average Bonchev–Trinajstić information content (AvgIpc) is 3.37. The van der Waals surface area contributed by atoms with E-state index in [0.717, 1.165) is 10.7 Å². The maximum absolute atomic E-state index is 12.0. The monoisotopic (exact) mass is 391 g/mol. The zero-order chi connectivity index (χ0) is 19.3. The summed E-state index contributed by atoms with van der Waals surface area (Å²) in [6, 6.07) is 14.5. The normalized spacial score (nSPS) is 10.5. The smallest absolute Gasteiger partial charge is 0.324 e. The summed E-state index contributed by atoms with van der Waals surface area (Å²) in [7, 11) is 0. The molecule has 0 spiro atoms. The van der Waals surface area contributed by atoms with Gasteiger partial charge in [0.1, 0.15) is 11.6 Å². The van der Waals surface area contributed by atoms with E-state index in [4.69, 9.17) is 0 Å². The molecular weight excluding hydrogens is 374 g/mol. The lowest BCUT2D eigenvalue weighted by Crippen LogP contribution is -2.18. The fourth-order valence-electron chi connectivity index (χ4n) is 2.55. The van der Waals surface area contributed by atoms with Crippen LogP contribution in [0.3, 0.4) is 0 Å². The second kappa shape index (κ2) is 7.89. The molecular formula is C19H17N7OS. The number of rotatable bonds is 5. The molecule has 140 valence electrons. The van der Waals surface area contributed by atoms with Crippen molar-refractivity contribution in [3.05, 3.63) is 72.1 Å². The molecule has 0 saturated carbocycles. The Hall–Kier alpha value is -3.72. The Labute approximate surface area is 165 Å². The Balaban J connectivity index is 1.42. The van der Waals surface area contributed by atoms with Gasteiger partial charge in [0.25, 0.3) is 0 Å². The first-order valence-electron chi connectivity index (χ1n) is 8.50. The molecule has 0 unspecified atom stereocenters. The summed E-state index contributed by atoms with van der Waals surface area (Å²) in [6.07, 6.45) is 3.53. The van der Waals surface area contributed by atoms with E-state index in [1.807, 2.05) is 67.0 Å². The van der Waals surface area contributed by atoms with Crippen molar-refractivity contribution in [2.24, 2.45) is 0 Å². The van der Waals surface area contributed by atoms with E-state index in [0.29, 0.717) is 23.1 Å². The summed E-state index contributed by atoms with van der Waals surface area (Å²) < 4.78 is 1.68. The number of benzene rings is 1. The van der Waals surface area contributed by atoms with Crippen molar-refractivity contribution in [2.75, 3.05) is 16.0 Å². The fourth-order valence-corrected chi connectivity index (χ4v) is 3.16. The van der Waals surface area contributed by atoms with Crippen molar-refractivity contribution in [2.45, 2.75) is 6.92 Å². The molecule has 0 aliphatic carbocycles. The van der Waals surface area contributed by atoms with Gasteiger partial charge >= 0.3 is 6.03 Å². The number of thiophene rings is 1. The molecule has 2 amide bonds. The molecule has 0 aliphatic heterocycles. The number of anilines is 4. The minimum atomic E-state index is -0.279. The molecule has 8 nitrogen and oxygen atoms in total. The number of carbonyl (C=O) groups is 1. The number of hydrogen-bond donors (Lipinski definition) is 3. The lowest BCUT2D eigenvalue weighted by atomic mass is 10.3. The van der Waals surface area contributed by atoms with Gasteiger partial charge < -0.3 is 10.6 Å². The highest BCUT2D eigenvalue weighted by atomic mass is 32.1. The highest BCUT2D eigenvalue weighted by Crippen LogP contribution is 2.20. The molecule has 0 bridgehead atoms. The van der Waals surface area contributed by atoms with Crippen LogP contribution in [0.5, 0.6) is 0 Å². The van der Waals surface area contributed by atoms with Gasteiger partial charge in [0, 0.05) is 29.8 Å². The van der Waals surface area contributed by atoms with Crippen LogP contribution in [0.2, 0.25) is 0 Å². The minimum absolute atomic E-state index is 0.279. The number of amides is 2. The van der Waals surface area contributed by atoms with Crippen LogP contribution in [-0.2, 0) is 0 Å². The Morgan fingerprint density at radius 2 is 1.86 bits per heavy atom. The van der Waals surface area contributed by atoms with E-state index in [1.54, 1.807) is 10.9 Å². The van der Waals surface area contributed by atoms with E-state index < -0.39 is 0 Å². The first-order valence-corrected chi connectivity index (χ1v) is 9.38. The maximum Gasteiger partial charge on any atom is 0.324 e. The molecule has 0 atom stereocenters. The van der Waals surface area contributed by atoms with E-state index in [1.165, 1.54) is 11.3 Å². The van der Waals surface area contributed by atoms with Crippen LogP contribution in [0.1, 0.15) is 5.82 Å². The predicted molar refractivity (Wildman–Crippen MR) is 111 cm³/mol. The third-order valence-corrected chi connectivity index (χ3v) is 4.52. The van der Waals surface area contributed by atoms with Gasteiger partial charge in [0.2, 0.25) is 0 Å². The summed E-state index contributed by atoms with van der Waals surface area (Å²) in [5.74, 6) is 1.98. The number of hydrogen-bond acceptors (Lipinski definition) is 6. The van der Waals surface area contributed by atoms with Crippen LogP contribution in [0.4, 0.5) is 27.0 Å². The molecule has 0 radical (unpaired) electrons. The van der Waals surface area contributed by atoms with Crippen molar-refractivity contribution in [1.82, 2.24) is 19.7 Å². The van der Waals surface area contributed by atoms with E-state index in [9.17, 15) is 4.79 Å². The summed E-state index contributed by atoms with van der Waals surface area (Å²) >= 11 is 1.47. The van der Waals surface area contributed by atoms with Crippen LogP contribution in [-0.4, -0.2) is 25.8 Å². The third kappa shape index (κ3) is 4.33. The van der Waals surface area contributed by atoms with Gasteiger partial charge in [0.05, 0.1) is 5.00 Å². The molecule has 4 rings (SSSR count). The number of aromatic nitrogens is 4. The molecule has 3 heterocycles. The quantitative estimate of drug-likeness (QED) is 0.468. The van der Waals surface area contributed by atoms with Gasteiger partial charge in [-0.25, -0.2) is 19.4 Å². The van der Waals surface area contributed by atoms with Crippen molar-refractivity contribution in [3.63, 3.8) is 0 Å². The zero-order valence-electron chi connectivity index (χ0n) is 15.0. The average molecular weight is 391 g/mol. The van der Waals surface area contributed by atoms with Crippen molar-refractivity contribution in [1.29, 1.82) is 0 Å². The Morgan fingerprint density at radius 1 is 1.04 bits per heavy atom. The van der Waals surface area contributed by atoms with Crippen LogP contribution < -0.4 is 16.0 Å². The molecule has 0 fully saturated rings. The molecule has 28 heavy (non-hydrogen) atoms. The number of nitrogens with zero attached hydrogens (tertiary/aromatic N) is 4. The molecule has 0 saturated heterocycles. The lowest BCUT2D eigenvalue weighted by molar-refractivity contribution is 0.262. The predicted octanol–water partition coefficient (Wildman–Crippen LogP) is 4.42. The lowest BCUT2D eigenvalue weighted by Gasteiger charge is -2.10. The van der Waals surface area contributed by atoms with Crippen LogP contribution in [0.25, 0.3) is 5.82 Å². The minimum Gasteiger partial charge on any atom is -0.340 e. The Bertz CT molecular complexity index is 1060. The summed E-state index contributed by atoms with van der Waals surface area (Å²) in [6.45, 7) is 1.83. The number of nitrogens with one attached hydrogen (secondary N) is 3. The summed E-state index contributed by atoms with van der Waals surface area (Å²) in [5.41, 5.74) is 1.53. The topological polar surface area (TPSA) is 96.8 Å². The zero-order valence-corrected chi connectivity index (χ0v) is 15.8. The SMILES string of the molecule is Cc1nc(Nc2ccc(NC(=O)Nc3cccs3)cc2)cc(-n2cccn2)n1. The number of urea groups is 1. The van der Waals surface area contributed by atoms with Gasteiger partial charge in [0.15, 0.2) is 5.82 Å². The van der Waals surface area contributed by atoms with Gasteiger partial charge in [-0.1, -0.05) is 0 Å². The fraction of sp³-hybridized carbons (Fsp3) is 0.0526. The van der Waals surface area contributed by atoms with Gasteiger partial charge in [-0.05, 0) is 54.8 Å². The van der Waals surface area contributed by atoms with Crippen molar-refractivity contribution >= 4 is 39.6 Å². The van der Waals surface area contributed by atoms with E-state index in [2.05, 4.69) is 31.0 Å². The first kappa shape index (κ1) is 17.7. The van der Waals surface area contributed by atoms with Crippen LogP contribution >= 0.6 is 11.3 Å². The molecule has 1 aromatic carbocycles. The molecule has 3 N–H and O–H groups in total. The van der Waals surface area contributed by atoms with E-state index in [-0.39, 0.29) is 6.03 Å². The number of carbonyl (C=O) groups excluding carboxylic acids is 1. The number of aryl methyl sites for hydroxylation is 1. The van der Waals surface area contributed by atoms with Gasteiger partial charge in [-0.2, -0.15) is 5.10 Å². The van der Waals surface area contributed by atoms with Crippen LogP contribution in [0, 0.1) is 6.92 Å². The second-order valence-corrected chi connectivity index (χ2v) is 6.82. The summed E-state index contributed by atoms with van der Waals surface area (Å²) in [5, 5.41) is 15.7. The molecule has 0 aliphatic rings. The highest BCUT2D eigenvalue weighted by molar-refractivity contribution is 7.14. The molecule has 9 heteroatoms. The third-order valence-electron chi connectivity index (χ3n) is 3.74. The Kier molecular flexibility index (Phi) is 4.98. The summed E-state index contributed by atoms with van der Waals surface area (Å²) in [4.78, 5) is 20.8. The van der Waals surface area contributed by atoms with Crippen molar-refractivity contribution < 1.29 is 4.79 Å². The largest absolute Gasteiger partial charge is 0.340 e. The molecule has 3 aromatic heterocycles. The highest BCUT2D eigenvalue weighted by Gasteiger charge is 2.06. The van der Waals surface area contributed by atoms with E-state index >= 15 is 0 Å². The maximum atomic E-state index is 12.0. The standard InChI is InChI=1S/C19H17N7OS/c1-13-21-16(12-17(22-13)26-10-3-9-20-26)23-14-5-7-15(8-6-14)24-19(27)25-18-4-2-11-28-18/h2-12H,1H3,(H,21,22,23)(H2,24,25,27).